The minimum atomic E-state index is 0.452. The molecule has 0 aliphatic rings. The highest BCUT2D eigenvalue weighted by Crippen LogP contribution is 2.09. The number of pyridine rings is 2. The van der Waals surface area contributed by atoms with E-state index in [2.05, 4.69) is 9.97 Å². The number of nitrogens with zero attached hydrogens (tertiary/aromatic N) is 4. The maximum atomic E-state index is 8.77. The second-order valence-electron chi connectivity index (χ2n) is 4.18. The molecule has 4 heteroatoms. The van der Waals surface area contributed by atoms with Crippen LogP contribution in [0.1, 0.15) is 28.9 Å². The Hall–Kier alpha value is -2.72. The molecule has 0 saturated heterocycles. The number of hydrogen-bond acceptors (Lipinski definition) is 4. The number of nitriles is 2. The van der Waals surface area contributed by atoms with Crippen molar-refractivity contribution < 1.29 is 0 Å². The van der Waals surface area contributed by atoms with Gasteiger partial charge < -0.3 is 0 Å². The van der Waals surface area contributed by atoms with Crippen LogP contribution in [0.3, 0.4) is 0 Å². The van der Waals surface area contributed by atoms with Crippen LogP contribution in [-0.2, 0) is 12.8 Å². The predicted molar refractivity (Wildman–Crippen MR) is 69.9 cm³/mol. The molecule has 4 nitrogen and oxygen atoms in total. The van der Waals surface area contributed by atoms with E-state index < -0.39 is 0 Å². The second-order valence-corrected chi connectivity index (χ2v) is 4.18. The van der Waals surface area contributed by atoms with Crippen LogP contribution in [0.4, 0.5) is 0 Å². The van der Waals surface area contributed by atoms with Gasteiger partial charge in [0, 0.05) is 12.4 Å². The summed E-state index contributed by atoms with van der Waals surface area (Å²) in [6, 6.07) is 11.5. The fourth-order valence-electron chi connectivity index (χ4n) is 1.88. The second kappa shape index (κ2) is 6.28. The Morgan fingerprint density at radius 2 is 1.32 bits per heavy atom. The lowest BCUT2D eigenvalue weighted by Gasteiger charge is -2.02. The molecule has 0 aromatic carbocycles. The van der Waals surface area contributed by atoms with E-state index in [9.17, 15) is 0 Å². The zero-order valence-corrected chi connectivity index (χ0v) is 10.4. The molecule has 0 aliphatic heterocycles. The topological polar surface area (TPSA) is 73.4 Å². The van der Waals surface area contributed by atoms with Crippen molar-refractivity contribution in [3.8, 4) is 12.1 Å². The molecule has 2 heterocycles. The van der Waals surface area contributed by atoms with Crippen LogP contribution in [0, 0.1) is 22.7 Å². The fourth-order valence-corrected chi connectivity index (χ4v) is 1.88. The van der Waals surface area contributed by atoms with Crippen LogP contribution in [0.2, 0.25) is 0 Å². The van der Waals surface area contributed by atoms with Gasteiger partial charge in [0.1, 0.15) is 23.5 Å². The lowest BCUT2D eigenvalue weighted by molar-refractivity contribution is 0.816. The van der Waals surface area contributed by atoms with E-state index in [0.29, 0.717) is 11.4 Å². The molecule has 0 radical (unpaired) electrons. The molecule has 2 aromatic heterocycles. The van der Waals surface area contributed by atoms with Gasteiger partial charge in [-0.2, -0.15) is 10.5 Å². The Labute approximate surface area is 112 Å². The highest BCUT2D eigenvalue weighted by Gasteiger charge is 1.99. The highest BCUT2D eigenvalue weighted by molar-refractivity contribution is 5.27. The fraction of sp³-hybridized carbons (Fsp3) is 0.200. The molecular formula is C15H12N4. The van der Waals surface area contributed by atoms with E-state index in [1.807, 2.05) is 36.4 Å². The zero-order chi connectivity index (χ0) is 13.5. The lowest BCUT2D eigenvalue weighted by Crippen LogP contribution is -1.93. The Bertz CT molecular complexity index is 592. The molecule has 0 unspecified atom stereocenters. The summed E-state index contributed by atoms with van der Waals surface area (Å²) in [5.41, 5.74) is 3.13. The Morgan fingerprint density at radius 1 is 0.842 bits per heavy atom. The summed E-state index contributed by atoms with van der Waals surface area (Å²) in [6.07, 6.45) is 6.06. The van der Waals surface area contributed by atoms with E-state index >= 15 is 0 Å². The molecule has 2 aromatic rings. The van der Waals surface area contributed by atoms with Crippen LogP contribution in [0.5, 0.6) is 0 Å². The van der Waals surface area contributed by atoms with Gasteiger partial charge in [-0.15, -0.1) is 0 Å². The quantitative estimate of drug-likeness (QED) is 0.832. The van der Waals surface area contributed by atoms with Crippen molar-refractivity contribution >= 4 is 0 Å². The smallest absolute Gasteiger partial charge is 0.140 e. The zero-order valence-electron chi connectivity index (χ0n) is 10.4. The van der Waals surface area contributed by atoms with Gasteiger partial charge in [0.25, 0.3) is 0 Å². The first kappa shape index (κ1) is 12.7. The van der Waals surface area contributed by atoms with E-state index in [4.69, 9.17) is 10.5 Å². The molecule has 0 amide bonds. The van der Waals surface area contributed by atoms with Crippen LogP contribution < -0.4 is 0 Å². The van der Waals surface area contributed by atoms with Gasteiger partial charge in [-0.3, -0.25) is 0 Å². The number of rotatable bonds is 4. The number of aryl methyl sites for hydroxylation is 2. The SMILES string of the molecule is N#Cc1cc(CCCc2ccnc(C#N)c2)ccn1. The third kappa shape index (κ3) is 3.62. The van der Waals surface area contributed by atoms with Crippen LogP contribution >= 0.6 is 0 Å². The molecule has 0 saturated carbocycles. The first-order chi connectivity index (χ1) is 9.31. The molecule has 0 bridgehead atoms. The maximum Gasteiger partial charge on any atom is 0.140 e. The lowest BCUT2D eigenvalue weighted by atomic mass is 10.0. The summed E-state index contributed by atoms with van der Waals surface area (Å²) in [6.45, 7) is 0. The molecule has 2 rings (SSSR count). The first-order valence-electron chi connectivity index (χ1n) is 6.02. The van der Waals surface area contributed by atoms with Crippen molar-refractivity contribution in [1.82, 2.24) is 9.97 Å². The molecule has 0 spiro atoms. The molecule has 0 atom stereocenters. The number of aromatic nitrogens is 2. The van der Waals surface area contributed by atoms with E-state index in [1.54, 1.807) is 12.4 Å². The average molecular weight is 248 g/mol. The Kier molecular flexibility index (Phi) is 4.21. The van der Waals surface area contributed by atoms with E-state index in [0.717, 1.165) is 30.4 Å². The summed E-state index contributed by atoms with van der Waals surface area (Å²) in [5.74, 6) is 0. The Balaban J connectivity index is 1.93. The van der Waals surface area contributed by atoms with Gasteiger partial charge in [0.2, 0.25) is 0 Å². The van der Waals surface area contributed by atoms with Crippen molar-refractivity contribution in [1.29, 1.82) is 10.5 Å². The molecule has 19 heavy (non-hydrogen) atoms. The van der Waals surface area contributed by atoms with Crippen molar-refractivity contribution in [3.05, 3.63) is 59.2 Å². The van der Waals surface area contributed by atoms with E-state index in [-0.39, 0.29) is 0 Å². The molecule has 0 aliphatic carbocycles. The van der Waals surface area contributed by atoms with Gasteiger partial charge >= 0.3 is 0 Å². The van der Waals surface area contributed by atoms with Gasteiger partial charge in [0.15, 0.2) is 0 Å². The standard InChI is InChI=1S/C15H12N4/c16-10-14-8-12(4-6-18-14)2-1-3-13-5-7-19-15(9-13)11-17/h4-9H,1-3H2. The highest BCUT2D eigenvalue weighted by atomic mass is 14.7. The normalized spacial score (nSPS) is 9.58. The van der Waals surface area contributed by atoms with Gasteiger partial charge in [-0.25, -0.2) is 9.97 Å². The van der Waals surface area contributed by atoms with Crippen molar-refractivity contribution in [2.24, 2.45) is 0 Å². The summed E-state index contributed by atoms with van der Waals surface area (Å²) in [5, 5.41) is 17.5. The molecular weight excluding hydrogens is 236 g/mol. The predicted octanol–water partition coefficient (Wildman–Crippen LogP) is 2.40. The van der Waals surface area contributed by atoms with E-state index in [1.165, 1.54) is 0 Å². The Morgan fingerprint density at radius 3 is 1.74 bits per heavy atom. The van der Waals surface area contributed by atoms with Crippen LogP contribution in [0.15, 0.2) is 36.7 Å². The van der Waals surface area contributed by atoms with Crippen molar-refractivity contribution in [3.63, 3.8) is 0 Å². The molecule has 92 valence electrons. The monoisotopic (exact) mass is 248 g/mol. The van der Waals surface area contributed by atoms with Gasteiger partial charge in [-0.1, -0.05) is 0 Å². The van der Waals surface area contributed by atoms with Crippen molar-refractivity contribution in [2.75, 3.05) is 0 Å². The molecule has 0 N–H and O–H groups in total. The number of hydrogen-bond donors (Lipinski definition) is 0. The first-order valence-corrected chi connectivity index (χ1v) is 6.02. The molecule has 0 fully saturated rings. The van der Waals surface area contributed by atoms with Crippen LogP contribution in [0.25, 0.3) is 0 Å². The third-order valence-corrected chi connectivity index (χ3v) is 2.81. The summed E-state index contributed by atoms with van der Waals surface area (Å²) in [4.78, 5) is 7.88. The third-order valence-electron chi connectivity index (χ3n) is 2.81. The largest absolute Gasteiger partial charge is 0.246 e. The summed E-state index contributed by atoms with van der Waals surface area (Å²) >= 11 is 0. The summed E-state index contributed by atoms with van der Waals surface area (Å²) < 4.78 is 0. The summed E-state index contributed by atoms with van der Waals surface area (Å²) in [7, 11) is 0. The van der Waals surface area contributed by atoms with Gasteiger partial charge in [0.05, 0.1) is 0 Å². The van der Waals surface area contributed by atoms with Crippen molar-refractivity contribution in [2.45, 2.75) is 19.3 Å². The minimum absolute atomic E-state index is 0.452. The average Bonchev–Trinajstić information content (AvgIpc) is 2.48. The van der Waals surface area contributed by atoms with Gasteiger partial charge in [-0.05, 0) is 54.7 Å². The minimum Gasteiger partial charge on any atom is -0.246 e. The van der Waals surface area contributed by atoms with Crippen LogP contribution in [-0.4, -0.2) is 9.97 Å². The maximum absolute atomic E-state index is 8.77.